The molecule has 0 fully saturated rings. The molecule has 0 heterocycles. The van der Waals surface area contributed by atoms with Crippen LogP contribution < -0.4 is 10.1 Å². The topological polar surface area (TPSA) is 84.6 Å². The van der Waals surface area contributed by atoms with E-state index in [0.717, 1.165) is 0 Å². The van der Waals surface area contributed by atoms with Crippen LogP contribution in [0.25, 0.3) is 0 Å². The van der Waals surface area contributed by atoms with Gasteiger partial charge in [-0.25, -0.2) is 0 Å². The maximum absolute atomic E-state index is 11.0. The lowest BCUT2D eigenvalue weighted by atomic mass is 10.1. The molecule has 6 heteroatoms. The van der Waals surface area contributed by atoms with Crippen molar-refractivity contribution in [3.05, 3.63) is 33.9 Å². The fraction of sp³-hybridized carbons (Fsp3) is 0.571. The van der Waals surface area contributed by atoms with E-state index in [4.69, 9.17) is 4.74 Å². The van der Waals surface area contributed by atoms with E-state index in [9.17, 15) is 15.2 Å². The molecule has 0 aliphatic heterocycles. The number of para-hydroxylation sites is 1. The highest BCUT2D eigenvalue weighted by Crippen LogP contribution is 2.30. The number of rotatable bonds is 6. The molecular formula is C14H22N2O4. The Kier molecular flexibility index (Phi) is 5.47. The summed E-state index contributed by atoms with van der Waals surface area (Å²) in [5.74, 6) is 0.185. The van der Waals surface area contributed by atoms with Crippen LogP contribution in [-0.4, -0.2) is 34.8 Å². The summed E-state index contributed by atoms with van der Waals surface area (Å²) in [6.07, 6.45) is -0.727. The number of nitro benzene ring substituents is 1. The summed E-state index contributed by atoms with van der Waals surface area (Å²) in [4.78, 5) is 10.5. The molecule has 0 spiro atoms. The number of hydrogen-bond donors (Lipinski definition) is 2. The second-order valence-electron chi connectivity index (χ2n) is 5.77. The van der Waals surface area contributed by atoms with Gasteiger partial charge in [-0.1, -0.05) is 12.1 Å². The van der Waals surface area contributed by atoms with E-state index in [-0.39, 0.29) is 23.6 Å². The van der Waals surface area contributed by atoms with Crippen LogP contribution in [-0.2, 0) is 0 Å². The smallest absolute Gasteiger partial charge is 0.313 e. The first-order valence-electron chi connectivity index (χ1n) is 6.50. The Labute approximate surface area is 118 Å². The highest BCUT2D eigenvalue weighted by atomic mass is 16.6. The Morgan fingerprint density at radius 3 is 2.65 bits per heavy atom. The van der Waals surface area contributed by atoms with Gasteiger partial charge in [-0.2, -0.15) is 0 Å². The lowest BCUT2D eigenvalue weighted by molar-refractivity contribution is -0.386. The number of hydrogen-bond acceptors (Lipinski definition) is 5. The zero-order chi connectivity index (χ0) is 15.3. The summed E-state index contributed by atoms with van der Waals surface area (Å²) in [5, 5.41) is 24.0. The minimum absolute atomic E-state index is 0.00731. The number of aliphatic hydroxyl groups excluding tert-OH is 1. The predicted octanol–water partition coefficient (Wildman–Crippen LogP) is 2.03. The molecule has 1 unspecified atom stereocenters. The summed E-state index contributed by atoms with van der Waals surface area (Å²) in [6, 6.07) is 4.88. The van der Waals surface area contributed by atoms with Crippen LogP contribution in [0.3, 0.4) is 0 Å². The van der Waals surface area contributed by atoms with Gasteiger partial charge in [-0.3, -0.25) is 10.1 Å². The van der Waals surface area contributed by atoms with E-state index < -0.39 is 11.0 Å². The number of nitro groups is 1. The van der Waals surface area contributed by atoms with Crippen LogP contribution in [0.15, 0.2) is 18.2 Å². The summed E-state index contributed by atoms with van der Waals surface area (Å²) < 4.78 is 5.37. The van der Waals surface area contributed by atoms with Gasteiger partial charge >= 0.3 is 5.69 Å². The van der Waals surface area contributed by atoms with E-state index in [1.807, 2.05) is 20.8 Å². The van der Waals surface area contributed by atoms with Crippen LogP contribution in [0.2, 0.25) is 0 Å². The van der Waals surface area contributed by atoms with Crippen LogP contribution >= 0.6 is 0 Å². The molecule has 1 aromatic rings. The molecule has 0 aliphatic carbocycles. The van der Waals surface area contributed by atoms with Crippen LogP contribution in [0.5, 0.6) is 5.75 Å². The van der Waals surface area contributed by atoms with Crippen LogP contribution in [0.1, 0.15) is 26.3 Å². The number of benzene rings is 1. The summed E-state index contributed by atoms with van der Waals surface area (Å²) in [6.45, 7) is 8.00. The van der Waals surface area contributed by atoms with Gasteiger partial charge in [0.2, 0.25) is 0 Å². The van der Waals surface area contributed by atoms with Gasteiger partial charge in [0.05, 0.1) is 4.92 Å². The minimum Gasteiger partial charge on any atom is -0.484 e. The monoisotopic (exact) mass is 282 g/mol. The predicted molar refractivity (Wildman–Crippen MR) is 77.1 cm³/mol. The zero-order valence-electron chi connectivity index (χ0n) is 12.3. The SMILES string of the molecule is Cc1cccc(OCC(O)CNC(C)(C)C)c1[N+](=O)[O-]. The van der Waals surface area contributed by atoms with Crippen molar-refractivity contribution in [3.63, 3.8) is 0 Å². The third-order valence-electron chi connectivity index (χ3n) is 2.68. The quantitative estimate of drug-likeness (QED) is 0.616. The molecule has 0 aromatic heterocycles. The number of nitrogens with one attached hydrogen (secondary N) is 1. The van der Waals surface area contributed by atoms with Crippen molar-refractivity contribution < 1.29 is 14.8 Å². The van der Waals surface area contributed by atoms with Crippen molar-refractivity contribution in [1.82, 2.24) is 5.32 Å². The Hall–Kier alpha value is -1.66. The Bertz CT molecular complexity index is 469. The maximum atomic E-state index is 11.0. The first-order chi connectivity index (χ1) is 9.20. The van der Waals surface area contributed by atoms with Crippen LogP contribution in [0, 0.1) is 17.0 Å². The molecule has 0 bridgehead atoms. The van der Waals surface area contributed by atoms with Crippen molar-refractivity contribution >= 4 is 5.69 Å². The lowest BCUT2D eigenvalue weighted by Gasteiger charge is -2.22. The van der Waals surface area contributed by atoms with Gasteiger partial charge < -0.3 is 15.2 Å². The minimum atomic E-state index is -0.727. The molecule has 0 aliphatic rings. The second kappa shape index (κ2) is 6.67. The normalized spacial score (nSPS) is 13.1. The Morgan fingerprint density at radius 2 is 2.10 bits per heavy atom. The molecule has 6 nitrogen and oxygen atoms in total. The molecule has 0 amide bonds. The van der Waals surface area contributed by atoms with Gasteiger partial charge in [-0.05, 0) is 33.8 Å². The number of nitrogens with zero attached hydrogens (tertiary/aromatic N) is 1. The first kappa shape index (κ1) is 16.4. The summed E-state index contributed by atoms with van der Waals surface area (Å²) >= 11 is 0. The number of aryl methyl sites for hydroxylation is 1. The van der Waals surface area contributed by atoms with Crippen LogP contribution in [0.4, 0.5) is 5.69 Å². The molecule has 20 heavy (non-hydrogen) atoms. The third kappa shape index (κ3) is 5.14. The van der Waals surface area contributed by atoms with E-state index in [1.165, 1.54) is 6.07 Å². The highest BCUT2D eigenvalue weighted by Gasteiger charge is 2.19. The molecule has 0 saturated heterocycles. The average molecular weight is 282 g/mol. The number of β-amino-alcohol motifs (C(OH)–C–C–N with tert-alkyl or cyclic N) is 1. The van der Waals surface area contributed by atoms with Crippen molar-refractivity contribution in [3.8, 4) is 5.75 Å². The number of ether oxygens (including phenoxy) is 1. The maximum Gasteiger partial charge on any atom is 0.313 e. The zero-order valence-corrected chi connectivity index (χ0v) is 12.3. The molecule has 112 valence electrons. The fourth-order valence-corrected chi connectivity index (χ4v) is 1.65. The van der Waals surface area contributed by atoms with Crippen molar-refractivity contribution in [2.75, 3.05) is 13.2 Å². The molecule has 1 aromatic carbocycles. The molecule has 0 saturated carbocycles. The van der Waals surface area contributed by atoms with Gasteiger partial charge in [0.15, 0.2) is 5.75 Å². The van der Waals surface area contributed by atoms with Gasteiger partial charge in [0.1, 0.15) is 12.7 Å². The van der Waals surface area contributed by atoms with Crippen molar-refractivity contribution in [1.29, 1.82) is 0 Å². The average Bonchev–Trinajstić information content (AvgIpc) is 2.32. The standard InChI is InChI=1S/C14H22N2O4/c1-10-6-5-7-12(13(10)16(18)19)20-9-11(17)8-15-14(2,3)4/h5-7,11,15,17H,8-9H2,1-4H3. The summed E-state index contributed by atoms with van der Waals surface area (Å²) in [7, 11) is 0. The Morgan fingerprint density at radius 1 is 1.45 bits per heavy atom. The lowest BCUT2D eigenvalue weighted by Crippen LogP contribution is -2.42. The molecular weight excluding hydrogens is 260 g/mol. The molecule has 0 radical (unpaired) electrons. The fourth-order valence-electron chi connectivity index (χ4n) is 1.65. The van der Waals surface area contributed by atoms with Gasteiger partial charge in [-0.15, -0.1) is 0 Å². The first-order valence-corrected chi connectivity index (χ1v) is 6.50. The van der Waals surface area contributed by atoms with E-state index in [1.54, 1.807) is 19.1 Å². The Balaban J connectivity index is 2.62. The highest BCUT2D eigenvalue weighted by molar-refractivity contribution is 5.52. The van der Waals surface area contributed by atoms with E-state index in [0.29, 0.717) is 12.1 Å². The van der Waals surface area contributed by atoms with E-state index in [2.05, 4.69) is 5.32 Å². The third-order valence-corrected chi connectivity index (χ3v) is 2.68. The van der Waals surface area contributed by atoms with Crippen molar-refractivity contribution in [2.45, 2.75) is 39.3 Å². The van der Waals surface area contributed by atoms with Crippen molar-refractivity contribution in [2.24, 2.45) is 0 Å². The molecule has 1 atom stereocenters. The summed E-state index contributed by atoms with van der Waals surface area (Å²) in [5.41, 5.74) is 0.384. The largest absolute Gasteiger partial charge is 0.484 e. The van der Waals surface area contributed by atoms with Gasteiger partial charge in [0.25, 0.3) is 0 Å². The number of aliphatic hydroxyl groups is 1. The second-order valence-corrected chi connectivity index (χ2v) is 5.77. The molecule has 1 rings (SSSR count). The molecule has 2 N–H and O–H groups in total. The van der Waals surface area contributed by atoms with Gasteiger partial charge in [0, 0.05) is 17.6 Å². The van der Waals surface area contributed by atoms with E-state index >= 15 is 0 Å².